The molecule has 2 rings (SSSR count). The van der Waals surface area contributed by atoms with E-state index in [-0.39, 0.29) is 11.7 Å². The van der Waals surface area contributed by atoms with E-state index in [4.69, 9.17) is 11.6 Å². The summed E-state index contributed by atoms with van der Waals surface area (Å²) in [6.07, 6.45) is 0.850. The summed E-state index contributed by atoms with van der Waals surface area (Å²) in [4.78, 5) is 1.26. The van der Waals surface area contributed by atoms with Crippen molar-refractivity contribution >= 4 is 38.9 Å². The van der Waals surface area contributed by atoms with Crippen LogP contribution in [0.4, 0.5) is 4.39 Å². The van der Waals surface area contributed by atoms with Gasteiger partial charge >= 0.3 is 0 Å². The number of benzene rings is 1. The molecule has 17 heavy (non-hydrogen) atoms. The highest BCUT2D eigenvalue weighted by molar-refractivity contribution is 9.10. The molecule has 0 spiro atoms. The lowest BCUT2D eigenvalue weighted by atomic mass is 9.97. The predicted octanol–water partition coefficient (Wildman–Crippen LogP) is 5.21. The molecule has 0 saturated carbocycles. The Bertz CT molecular complexity index is 498. The second-order valence-electron chi connectivity index (χ2n) is 3.84. The van der Waals surface area contributed by atoms with Gasteiger partial charge in [-0.1, -0.05) is 12.1 Å². The van der Waals surface area contributed by atoms with Crippen molar-refractivity contribution in [2.45, 2.75) is 12.3 Å². The van der Waals surface area contributed by atoms with Gasteiger partial charge in [0.05, 0.1) is 0 Å². The minimum absolute atomic E-state index is 0.165. The standard InChI is InChI=1S/C13H11BrClFS/c14-11-6-13(17-8-11)5-10(7-15)9-2-1-3-12(16)4-9/h1-4,6,8,10H,5,7H2. The summed E-state index contributed by atoms with van der Waals surface area (Å²) in [6.45, 7) is 0. The Morgan fingerprint density at radius 3 is 2.76 bits per heavy atom. The van der Waals surface area contributed by atoms with Crippen LogP contribution in [0.1, 0.15) is 16.4 Å². The molecule has 4 heteroatoms. The van der Waals surface area contributed by atoms with Crippen LogP contribution in [0.25, 0.3) is 0 Å². The average Bonchev–Trinajstić information content (AvgIpc) is 2.72. The molecular weight excluding hydrogens is 323 g/mol. The van der Waals surface area contributed by atoms with Crippen molar-refractivity contribution in [2.75, 3.05) is 5.88 Å². The zero-order chi connectivity index (χ0) is 12.3. The first-order chi connectivity index (χ1) is 8.19. The molecule has 0 nitrogen and oxygen atoms in total. The molecule has 0 aliphatic rings. The fourth-order valence-corrected chi connectivity index (χ4v) is 3.55. The third kappa shape index (κ3) is 3.54. The van der Waals surface area contributed by atoms with Gasteiger partial charge in [-0.3, -0.25) is 0 Å². The van der Waals surface area contributed by atoms with Crippen molar-refractivity contribution in [3.05, 3.63) is 56.4 Å². The molecule has 0 aliphatic carbocycles. The SMILES string of the molecule is Fc1cccc(C(CCl)Cc2cc(Br)cs2)c1. The van der Waals surface area contributed by atoms with E-state index in [0.29, 0.717) is 5.88 Å². The summed E-state index contributed by atoms with van der Waals surface area (Å²) < 4.78 is 14.2. The average molecular weight is 334 g/mol. The largest absolute Gasteiger partial charge is 0.207 e. The highest BCUT2D eigenvalue weighted by atomic mass is 79.9. The van der Waals surface area contributed by atoms with E-state index < -0.39 is 0 Å². The molecule has 0 amide bonds. The monoisotopic (exact) mass is 332 g/mol. The van der Waals surface area contributed by atoms with Crippen molar-refractivity contribution in [3.8, 4) is 0 Å². The fourth-order valence-electron chi connectivity index (χ4n) is 1.73. The molecule has 2 aromatic rings. The van der Waals surface area contributed by atoms with Crippen molar-refractivity contribution in [1.82, 2.24) is 0 Å². The van der Waals surface area contributed by atoms with Gasteiger partial charge in [-0.05, 0) is 46.1 Å². The van der Waals surface area contributed by atoms with Crippen LogP contribution in [0.3, 0.4) is 0 Å². The minimum atomic E-state index is -0.204. The first-order valence-corrected chi connectivity index (χ1v) is 7.44. The summed E-state index contributed by atoms with van der Waals surface area (Å²) in [5, 5.41) is 2.05. The maximum Gasteiger partial charge on any atom is 0.123 e. The molecular formula is C13H11BrClFS. The number of halogens is 3. The van der Waals surface area contributed by atoms with E-state index in [2.05, 4.69) is 22.0 Å². The van der Waals surface area contributed by atoms with Crippen molar-refractivity contribution in [2.24, 2.45) is 0 Å². The van der Waals surface area contributed by atoms with Crippen LogP contribution in [-0.4, -0.2) is 5.88 Å². The van der Waals surface area contributed by atoms with Crippen LogP contribution in [0, 0.1) is 5.82 Å². The van der Waals surface area contributed by atoms with Crippen LogP contribution in [0.5, 0.6) is 0 Å². The zero-order valence-corrected chi connectivity index (χ0v) is 12.2. The molecule has 1 unspecified atom stereocenters. The summed E-state index contributed by atoms with van der Waals surface area (Å²) in [5.74, 6) is 0.460. The lowest BCUT2D eigenvalue weighted by Gasteiger charge is -2.13. The van der Waals surface area contributed by atoms with Gasteiger partial charge in [-0.15, -0.1) is 22.9 Å². The Morgan fingerprint density at radius 2 is 2.18 bits per heavy atom. The Morgan fingerprint density at radius 1 is 1.35 bits per heavy atom. The number of alkyl halides is 1. The van der Waals surface area contributed by atoms with E-state index in [9.17, 15) is 4.39 Å². The quantitative estimate of drug-likeness (QED) is 0.673. The van der Waals surface area contributed by atoms with Crippen molar-refractivity contribution < 1.29 is 4.39 Å². The van der Waals surface area contributed by atoms with Crippen LogP contribution in [-0.2, 0) is 6.42 Å². The Balaban J connectivity index is 2.16. The molecule has 90 valence electrons. The number of hydrogen-bond donors (Lipinski definition) is 0. The van der Waals surface area contributed by atoms with E-state index in [1.54, 1.807) is 23.5 Å². The normalized spacial score (nSPS) is 12.6. The first kappa shape index (κ1) is 13.1. The van der Waals surface area contributed by atoms with E-state index in [0.717, 1.165) is 16.5 Å². The smallest absolute Gasteiger partial charge is 0.123 e. The van der Waals surface area contributed by atoms with Crippen LogP contribution in [0.2, 0.25) is 0 Å². The van der Waals surface area contributed by atoms with Crippen LogP contribution < -0.4 is 0 Å². The summed E-state index contributed by atoms with van der Waals surface area (Å²) in [5.41, 5.74) is 0.963. The zero-order valence-electron chi connectivity index (χ0n) is 9.00. The summed E-state index contributed by atoms with van der Waals surface area (Å²) >= 11 is 11.1. The maximum atomic E-state index is 13.2. The molecule has 0 saturated heterocycles. The van der Waals surface area contributed by atoms with Crippen LogP contribution in [0.15, 0.2) is 40.2 Å². The maximum absolute atomic E-state index is 13.2. The molecule has 1 atom stereocenters. The number of thiophene rings is 1. The Hall–Kier alpha value is -0.380. The number of hydrogen-bond acceptors (Lipinski definition) is 1. The Labute approximate surface area is 118 Å². The minimum Gasteiger partial charge on any atom is -0.207 e. The lowest BCUT2D eigenvalue weighted by Crippen LogP contribution is -2.04. The van der Waals surface area contributed by atoms with Crippen molar-refractivity contribution in [3.63, 3.8) is 0 Å². The highest BCUT2D eigenvalue weighted by Gasteiger charge is 2.13. The molecule has 0 bridgehead atoms. The van der Waals surface area contributed by atoms with Gasteiger partial charge in [-0.2, -0.15) is 0 Å². The first-order valence-electron chi connectivity index (χ1n) is 5.23. The molecule has 0 radical (unpaired) electrons. The van der Waals surface area contributed by atoms with Gasteiger partial charge in [0, 0.05) is 26.5 Å². The topological polar surface area (TPSA) is 0 Å². The lowest BCUT2D eigenvalue weighted by molar-refractivity contribution is 0.621. The molecule has 0 N–H and O–H groups in total. The van der Waals surface area contributed by atoms with E-state index in [1.807, 2.05) is 11.4 Å². The van der Waals surface area contributed by atoms with E-state index >= 15 is 0 Å². The highest BCUT2D eigenvalue weighted by Crippen LogP contribution is 2.28. The molecule has 0 fully saturated rings. The van der Waals surface area contributed by atoms with Gasteiger partial charge in [0.1, 0.15) is 5.82 Å². The van der Waals surface area contributed by atoms with Gasteiger partial charge < -0.3 is 0 Å². The van der Waals surface area contributed by atoms with Gasteiger partial charge in [0.25, 0.3) is 0 Å². The molecule has 1 aromatic carbocycles. The number of rotatable bonds is 4. The fraction of sp³-hybridized carbons (Fsp3) is 0.231. The van der Waals surface area contributed by atoms with Gasteiger partial charge in [0.15, 0.2) is 0 Å². The van der Waals surface area contributed by atoms with E-state index in [1.165, 1.54) is 10.9 Å². The Kier molecular flexibility index (Phi) is 4.60. The molecule has 1 heterocycles. The third-order valence-corrected chi connectivity index (χ3v) is 4.67. The second-order valence-corrected chi connectivity index (χ2v) is 6.06. The summed E-state index contributed by atoms with van der Waals surface area (Å²) in [7, 11) is 0. The molecule has 1 aromatic heterocycles. The summed E-state index contributed by atoms with van der Waals surface area (Å²) in [6, 6.07) is 8.77. The van der Waals surface area contributed by atoms with Crippen molar-refractivity contribution in [1.29, 1.82) is 0 Å². The second kappa shape index (κ2) is 5.98. The van der Waals surface area contributed by atoms with Gasteiger partial charge in [0.2, 0.25) is 0 Å². The third-order valence-electron chi connectivity index (χ3n) is 2.58. The molecule has 0 aliphatic heterocycles. The predicted molar refractivity (Wildman–Crippen MR) is 75.6 cm³/mol. The van der Waals surface area contributed by atoms with Crippen LogP contribution >= 0.6 is 38.9 Å². The van der Waals surface area contributed by atoms with Gasteiger partial charge in [-0.25, -0.2) is 4.39 Å².